The fourth-order valence-electron chi connectivity index (χ4n) is 4.34. The summed E-state index contributed by atoms with van der Waals surface area (Å²) in [5.41, 5.74) is 10.4. The molecule has 0 spiro atoms. The van der Waals surface area contributed by atoms with Crippen molar-refractivity contribution < 1.29 is 18.6 Å². The first-order valence-electron chi connectivity index (χ1n) is 10.9. The van der Waals surface area contributed by atoms with Gasteiger partial charge in [-0.1, -0.05) is 65.6 Å². The van der Waals surface area contributed by atoms with E-state index in [1.807, 2.05) is 36.4 Å². The lowest BCUT2D eigenvalue weighted by molar-refractivity contribution is -0.910. The first-order valence-corrected chi connectivity index (χ1v) is 10.9. The lowest BCUT2D eigenvalue weighted by Gasteiger charge is -2.23. The van der Waals surface area contributed by atoms with Crippen LogP contribution in [0.5, 0.6) is 0 Å². The lowest BCUT2D eigenvalue weighted by atomic mass is 9.99. The van der Waals surface area contributed by atoms with Crippen LogP contribution in [0.25, 0.3) is 33.6 Å². The number of hydrogen-bond acceptors (Lipinski definition) is 4. The highest BCUT2D eigenvalue weighted by Gasteiger charge is 2.25. The number of benzene rings is 2. The number of morpholine rings is 1. The maximum Gasteiger partial charge on any atom is 0.310 e. The Kier molecular flexibility index (Phi) is 5.65. The van der Waals surface area contributed by atoms with E-state index in [1.54, 1.807) is 11.2 Å². The minimum Gasteiger partial charge on any atom is -0.425 e. The molecule has 6 heteroatoms. The van der Waals surface area contributed by atoms with E-state index < -0.39 is 0 Å². The van der Waals surface area contributed by atoms with E-state index in [2.05, 4.69) is 33.8 Å². The van der Waals surface area contributed by atoms with Gasteiger partial charge in [0.2, 0.25) is 12.1 Å². The fraction of sp³-hybridized carbons (Fsp3) is 0.280. The van der Waals surface area contributed by atoms with Gasteiger partial charge in [-0.3, -0.25) is 0 Å². The number of nitrogens with zero attached hydrogens (tertiary/aromatic N) is 2. The van der Waals surface area contributed by atoms with Gasteiger partial charge in [0, 0.05) is 17.5 Å². The number of rotatable bonds is 6. The van der Waals surface area contributed by atoms with E-state index in [-0.39, 0.29) is 0 Å². The average molecular weight is 417 g/mol. The van der Waals surface area contributed by atoms with Gasteiger partial charge in [-0.05, 0) is 5.56 Å². The Bertz CT molecular complexity index is 1150. The molecule has 0 saturated carbocycles. The van der Waals surface area contributed by atoms with Crippen LogP contribution < -0.4 is 15.2 Å². The second-order valence-corrected chi connectivity index (χ2v) is 8.01. The predicted octanol–water partition coefficient (Wildman–Crippen LogP) is 2.34. The second kappa shape index (κ2) is 8.88. The van der Waals surface area contributed by atoms with E-state index >= 15 is 0 Å². The number of fused-ring (bicyclic) bond motifs is 1. The van der Waals surface area contributed by atoms with Crippen LogP contribution in [-0.4, -0.2) is 37.8 Å². The molecule has 3 heterocycles. The number of hydrogen-bond donors (Lipinski definition) is 2. The van der Waals surface area contributed by atoms with Crippen molar-refractivity contribution in [2.75, 3.05) is 38.6 Å². The Morgan fingerprint density at radius 2 is 1.61 bits per heavy atom. The zero-order valence-corrected chi connectivity index (χ0v) is 17.6. The van der Waals surface area contributed by atoms with Gasteiger partial charge in [0.05, 0.1) is 26.3 Å². The number of quaternary nitrogens is 1. The minimum absolute atomic E-state index is 0.574. The molecule has 6 nitrogen and oxygen atoms in total. The summed E-state index contributed by atoms with van der Waals surface area (Å²) >= 11 is 0. The Balaban J connectivity index is 1.53. The summed E-state index contributed by atoms with van der Waals surface area (Å²) in [7, 11) is 0. The van der Waals surface area contributed by atoms with Crippen LogP contribution in [0.15, 0.2) is 71.4 Å². The molecule has 5 rings (SSSR count). The smallest absolute Gasteiger partial charge is 0.310 e. The minimum atomic E-state index is 0.574. The summed E-state index contributed by atoms with van der Waals surface area (Å²) in [6.45, 7) is 5.82. The van der Waals surface area contributed by atoms with Crippen LogP contribution in [-0.2, 0) is 11.3 Å². The van der Waals surface area contributed by atoms with Gasteiger partial charge in [0.25, 0.3) is 0 Å². The van der Waals surface area contributed by atoms with E-state index in [4.69, 9.17) is 14.9 Å². The van der Waals surface area contributed by atoms with Gasteiger partial charge in [-0.15, -0.1) is 0 Å². The molecular formula is C25H28N4O2+2. The molecule has 2 aromatic carbocycles. The Morgan fingerprint density at radius 3 is 2.32 bits per heavy atom. The van der Waals surface area contributed by atoms with Crippen LogP contribution in [0.2, 0.25) is 0 Å². The van der Waals surface area contributed by atoms with Crippen molar-refractivity contribution in [3.8, 4) is 22.5 Å². The third kappa shape index (κ3) is 4.04. The summed E-state index contributed by atoms with van der Waals surface area (Å²) in [5, 5.41) is 0.881. The quantitative estimate of drug-likeness (QED) is 0.474. The average Bonchev–Trinajstić information content (AvgIpc) is 3.23. The van der Waals surface area contributed by atoms with Crippen molar-refractivity contribution in [2.45, 2.75) is 13.0 Å². The molecule has 3 N–H and O–H groups in total. The van der Waals surface area contributed by atoms with Crippen molar-refractivity contribution in [1.29, 1.82) is 0 Å². The third-order valence-electron chi connectivity index (χ3n) is 6.00. The number of aromatic nitrogens is 2. The van der Waals surface area contributed by atoms with Gasteiger partial charge in [0.1, 0.15) is 24.2 Å². The molecule has 31 heavy (non-hydrogen) atoms. The molecule has 0 aliphatic carbocycles. The number of anilines is 1. The van der Waals surface area contributed by atoms with Crippen LogP contribution >= 0.6 is 0 Å². The van der Waals surface area contributed by atoms with E-state index in [0.29, 0.717) is 11.5 Å². The number of furan rings is 1. The van der Waals surface area contributed by atoms with Crippen molar-refractivity contribution in [2.24, 2.45) is 0 Å². The van der Waals surface area contributed by atoms with E-state index in [0.717, 1.165) is 73.7 Å². The summed E-state index contributed by atoms with van der Waals surface area (Å²) in [6.07, 6.45) is 2.85. The molecular weight excluding hydrogens is 388 g/mol. The Morgan fingerprint density at radius 1 is 0.935 bits per heavy atom. The highest BCUT2D eigenvalue weighted by atomic mass is 16.5. The zero-order chi connectivity index (χ0) is 21.0. The molecule has 0 amide bonds. The standard InChI is InChI=1S/C25H26N4O2/c26-24-22-21(19-8-3-1-4-9-19)23(20-10-5-2-6-11-20)31-25(22)27-18-29(24)13-7-12-28-14-16-30-17-15-28/h1-6,8-11,18,26H,7,12-17H2/p+2. The molecule has 158 valence electrons. The van der Waals surface area contributed by atoms with E-state index in [1.165, 1.54) is 0 Å². The topological polar surface area (TPSA) is 69.6 Å². The monoisotopic (exact) mass is 416 g/mol. The maximum atomic E-state index is 6.70. The van der Waals surface area contributed by atoms with Crippen LogP contribution in [0.1, 0.15) is 6.42 Å². The van der Waals surface area contributed by atoms with Crippen molar-refractivity contribution in [1.82, 2.24) is 4.98 Å². The molecule has 0 radical (unpaired) electrons. The zero-order valence-electron chi connectivity index (χ0n) is 17.6. The molecule has 0 unspecified atom stereocenters. The number of aryl methyl sites for hydroxylation is 1. The lowest BCUT2D eigenvalue weighted by Crippen LogP contribution is -3.14. The van der Waals surface area contributed by atoms with Crippen LogP contribution in [0, 0.1) is 0 Å². The summed E-state index contributed by atoms with van der Waals surface area (Å²) in [5.74, 6) is 1.50. The molecule has 0 atom stereocenters. The Hall–Kier alpha value is -3.22. The normalized spacial score (nSPS) is 14.8. The SMILES string of the molecule is Nc1c2c(-c3ccccc3)c(-c3ccccc3)oc2nc[n+]1CCC[NH+]1CCOCC1. The molecule has 1 saturated heterocycles. The number of nitrogens with two attached hydrogens (primary N) is 1. The van der Waals surface area contributed by atoms with Gasteiger partial charge in [0.15, 0.2) is 0 Å². The second-order valence-electron chi connectivity index (χ2n) is 8.01. The number of nitrogen functional groups attached to an aromatic ring is 1. The first-order chi connectivity index (χ1) is 15.3. The van der Waals surface area contributed by atoms with Gasteiger partial charge >= 0.3 is 5.71 Å². The largest absolute Gasteiger partial charge is 0.425 e. The highest BCUT2D eigenvalue weighted by molar-refractivity contribution is 6.04. The van der Waals surface area contributed by atoms with Crippen molar-refractivity contribution in [3.63, 3.8) is 0 Å². The number of ether oxygens (including phenoxy) is 1. The molecule has 1 aliphatic heterocycles. The summed E-state index contributed by atoms with van der Waals surface area (Å²) < 4.78 is 13.8. The summed E-state index contributed by atoms with van der Waals surface area (Å²) in [4.78, 5) is 6.23. The first kappa shape index (κ1) is 19.7. The predicted molar refractivity (Wildman–Crippen MR) is 120 cm³/mol. The van der Waals surface area contributed by atoms with E-state index in [9.17, 15) is 0 Å². The fourth-order valence-corrected chi connectivity index (χ4v) is 4.34. The Labute approximate surface area is 181 Å². The highest BCUT2D eigenvalue weighted by Crippen LogP contribution is 2.41. The number of nitrogens with one attached hydrogen (secondary N) is 1. The van der Waals surface area contributed by atoms with Gasteiger partial charge < -0.3 is 19.8 Å². The van der Waals surface area contributed by atoms with Crippen LogP contribution in [0.3, 0.4) is 0 Å². The van der Waals surface area contributed by atoms with Gasteiger partial charge in [-0.2, -0.15) is 0 Å². The van der Waals surface area contributed by atoms with Crippen molar-refractivity contribution in [3.05, 3.63) is 67.0 Å². The molecule has 4 aromatic rings. The maximum absolute atomic E-state index is 6.70. The molecule has 0 bridgehead atoms. The van der Waals surface area contributed by atoms with Crippen molar-refractivity contribution >= 4 is 16.9 Å². The molecule has 1 aliphatic rings. The van der Waals surface area contributed by atoms with Crippen LogP contribution in [0.4, 0.5) is 5.82 Å². The molecule has 2 aromatic heterocycles. The third-order valence-corrected chi connectivity index (χ3v) is 6.00. The molecule has 1 fully saturated rings. The summed E-state index contributed by atoms with van der Waals surface area (Å²) in [6, 6.07) is 20.4. The van der Waals surface area contributed by atoms with Gasteiger partial charge in [-0.25, -0.2) is 4.57 Å².